The molecule has 7 heteroatoms. The minimum absolute atomic E-state index is 0.0591. The minimum atomic E-state index is -0.243. The minimum Gasteiger partial charge on any atom is -0.482 e. The lowest BCUT2D eigenvalue weighted by Crippen LogP contribution is -2.38. The van der Waals surface area contributed by atoms with Crippen LogP contribution in [-0.4, -0.2) is 43.6 Å². The molecule has 0 spiro atoms. The highest BCUT2D eigenvalue weighted by molar-refractivity contribution is 7.98. The van der Waals surface area contributed by atoms with E-state index in [4.69, 9.17) is 4.74 Å². The van der Waals surface area contributed by atoms with Gasteiger partial charge in [-0.25, -0.2) is 4.79 Å². The molecule has 1 aromatic rings. The number of rotatable bonds is 6. The Morgan fingerprint density at radius 3 is 3.00 bits per heavy atom. The maximum Gasteiger partial charge on any atom is 0.319 e. The van der Waals surface area contributed by atoms with E-state index < -0.39 is 0 Å². The lowest BCUT2D eigenvalue weighted by atomic mass is 10.2. The van der Waals surface area contributed by atoms with Crippen molar-refractivity contribution >= 4 is 35.1 Å². The molecule has 6 nitrogen and oxygen atoms in total. The molecule has 0 bridgehead atoms. The number of carbonyl (C=O) groups is 2. The number of carbonyl (C=O) groups excluding carboxylic acids is 2. The van der Waals surface area contributed by atoms with Crippen LogP contribution in [0.5, 0.6) is 5.75 Å². The van der Waals surface area contributed by atoms with Crippen molar-refractivity contribution in [3.63, 3.8) is 0 Å². The average Bonchev–Trinajstić information content (AvgIpc) is 2.51. The van der Waals surface area contributed by atoms with Gasteiger partial charge in [-0.2, -0.15) is 11.8 Å². The number of hydrogen-bond donors (Lipinski definition) is 2. The van der Waals surface area contributed by atoms with Crippen LogP contribution in [0.2, 0.25) is 0 Å². The van der Waals surface area contributed by atoms with Gasteiger partial charge in [-0.15, -0.1) is 0 Å². The second kappa shape index (κ2) is 7.93. The van der Waals surface area contributed by atoms with E-state index in [1.165, 1.54) is 0 Å². The molecule has 0 radical (unpaired) electrons. The Bertz CT molecular complexity index is 551. The summed E-state index contributed by atoms with van der Waals surface area (Å²) >= 11 is 1.75. The van der Waals surface area contributed by atoms with E-state index in [-0.39, 0.29) is 18.5 Å². The Morgan fingerprint density at radius 2 is 2.27 bits per heavy atom. The van der Waals surface area contributed by atoms with E-state index in [1.807, 2.05) is 13.2 Å². The summed E-state index contributed by atoms with van der Waals surface area (Å²) in [5, 5.41) is 5.58. The highest BCUT2D eigenvalue weighted by Crippen LogP contribution is 2.34. The molecule has 0 aliphatic carbocycles. The topological polar surface area (TPSA) is 70.7 Å². The molecule has 0 saturated carbocycles. The maximum absolute atomic E-state index is 11.8. The van der Waals surface area contributed by atoms with Gasteiger partial charge in [0.15, 0.2) is 6.61 Å². The molecule has 0 unspecified atom stereocenters. The molecule has 0 saturated heterocycles. The second-order valence-corrected chi connectivity index (χ2v) is 5.82. The third-order valence-electron chi connectivity index (χ3n) is 3.29. The largest absolute Gasteiger partial charge is 0.482 e. The number of likely N-dealkylation sites (N-methyl/N-ethyl adjacent to an activating group) is 1. The van der Waals surface area contributed by atoms with Gasteiger partial charge in [0.05, 0.1) is 5.69 Å². The van der Waals surface area contributed by atoms with Crippen molar-refractivity contribution in [1.29, 1.82) is 0 Å². The summed E-state index contributed by atoms with van der Waals surface area (Å²) in [4.78, 5) is 25.3. The Balaban J connectivity index is 2.00. The highest BCUT2D eigenvalue weighted by atomic mass is 32.2. The molecule has 3 amide bonds. The summed E-state index contributed by atoms with van der Waals surface area (Å²) in [6, 6.07) is 5.06. The molecule has 22 heavy (non-hydrogen) atoms. The van der Waals surface area contributed by atoms with E-state index in [2.05, 4.69) is 10.6 Å². The van der Waals surface area contributed by atoms with Gasteiger partial charge in [-0.3, -0.25) is 4.79 Å². The molecular weight excluding hydrogens is 302 g/mol. The summed E-state index contributed by atoms with van der Waals surface area (Å²) in [5.74, 6) is 1.60. The van der Waals surface area contributed by atoms with Gasteiger partial charge >= 0.3 is 6.03 Å². The van der Waals surface area contributed by atoms with Crippen molar-refractivity contribution in [3.8, 4) is 5.75 Å². The van der Waals surface area contributed by atoms with Crippen molar-refractivity contribution in [3.05, 3.63) is 18.2 Å². The predicted molar refractivity (Wildman–Crippen MR) is 90.0 cm³/mol. The van der Waals surface area contributed by atoms with Crippen LogP contribution in [0.25, 0.3) is 0 Å². The quantitative estimate of drug-likeness (QED) is 0.788. The number of amides is 3. The summed E-state index contributed by atoms with van der Waals surface area (Å²) in [5.41, 5.74) is 1.33. The van der Waals surface area contributed by atoms with Gasteiger partial charge in [0, 0.05) is 18.8 Å². The SMILES string of the molecule is CCN1C(=O)COc2ccc(NC(=O)NCCCSC)cc21. The fourth-order valence-corrected chi connectivity index (χ4v) is 2.65. The van der Waals surface area contributed by atoms with E-state index in [0.29, 0.717) is 30.2 Å². The van der Waals surface area contributed by atoms with Crippen LogP contribution in [0.15, 0.2) is 18.2 Å². The average molecular weight is 323 g/mol. The normalized spacial score (nSPS) is 13.4. The van der Waals surface area contributed by atoms with Gasteiger partial charge in [-0.1, -0.05) is 0 Å². The van der Waals surface area contributed by atoms with Crippen LogP contribution in [0, 0.1) is 0 Å². The van der Waals surface area contributed by atoms with Gasteiger partial charge < -0.3 is 20.3 Å². The zero-order valence-electron chi connectivity index (χ0n) is 12.8. The van der Waals surface area contributed by atoms with Crippen molar-refractivity contribution in [2.45, 2.75) is 13.3 Å². The van der Waals surface area contributed by atoms with Gasteiger partial charge in [0.1, 0.15) is 5.75 Å². The molecule has 1 aliphatic rings. The molecule has 0 atom stereocenters. The first kappa shape index (κ1) is 16.5. The number of ether oxygens (including phenoxy) is 1. The van der Waals surface area contributed by atoms with Crippen molar-refractivity contribution in [2.24, 2.45) is 0 Å². The van der Waals surface area contributed by atoms with Gasteiger partial charge in [-0.05, 0) is 43.6 Å². The van der Waals surface area contributed by atoms with Crippen LogP contribution in [-0.2, 0) is 4.79 Å². The first-order chi connectivity index (χ1) is 10.7. The summed E-state index contributed by atoms with van der Waals surface area (Å²) < 4.78 is 5.40. The number of benzene rings is 1. The highest BCUT2D eigenvalue weighted by Gasteiger charge is 2.24. The fourth-order valence-electron chi connectivity index (χ4n) is 2.22. The third kappa shape index (κ3) is 4.07. The first-order valence-electron chi connectivity index (χ1n) is 7.26. The first-order valence-corrected chi connectivity index (χ1v) is 8.66. The summed E-state index contributed by atoms with van der Waals surface area (Å²) in [6.07, 6.45) is 2.97. The van der Waals surface area contributed by atoms with E-state index in [1.54, 1.807) is 34.9 Å². The van der Waals surface area contributed by atoms with Gasteiger partial charge in [0.25, 0.3) is 5.91 Å². The molecule has 1 aliphatic heterocycles. The Hall–Kier alpha value is -1.89. The number of urea groups is 1. The van der Waals surface area contributed by atoms with Crippen LogP contribution in [0.1, 0.15) is 13.3 Å². The Labute approximate surface area is 134 Å². The number of nitrogens with one attached hydrogen (secondary N) is 2. The standard InChI is InChI=1S/C15H21N3O3S/c1-3-18-12-9-11(5-6-13(12)21-10-14(18)19)17-15(20)16-7-4-8-22-2/h5-6,9H,3-4,7-8,10H2,1-2H3,(H2,16,17,20). The third-order valence-corrected chi connectivity index (χ3v) is 3.98. The number of nitrogens with zero attached hydrogens (tertiary/aromatic N) is 1. The summed E-state index contributed by atoms with van der Waals surface area (Å²) in [6.45, 7) is 3.18. The number of hydrogen-bond acceptors (Lipinski definition) is 4. The van der Waals surface area contributed by atoms with E-state index in [9.17, 15) is 9.59 Å². The number of fused-ring (bicyclic) bond motifs is 1. The molecule has 2 rings (SSSR count). The predicted octanol–water partition coefficient (Wildman–Crippen LogP) is 2.31. The second-order valence-electron chi connectivity index (χ2n) is 4.84. The molecule has 2 N–H and O–H groups in total. The van der Waals surface area contributed by atoms with Crippen LogP contribution in [0.4, 0.5) is 16.2 Å². The molecule has 0 aromatic heterocycles. The molecule has 120 valence electrons. The Kier molecular flexibility index (Phi) is 5.94. The van der Waals surface area contributed by atoms with Crippen LogP contribution < -0.4 is 20.3 Å². The van der Waals surface area contributed by atoms with Crippen molar-refractivity contribution in [1.82, 2.24) is 5.32 Å². The fraction of sp³-hybridized carbons (Fsp3) is 0.467. The number of thioether (sulfide) groups is 1. The summed E-state index contributed by atoms with van der Waals surface area (Å²) in [7, 11) is 0. The van der Waals surface area contributed by atoms with E-state index in [0.717, 1.165) is 12.2 Å². The van der Waals surface area contributed by atoms with Gasteiger partial charge in [0.2, 0.25) is 0 Å². The smallest absolute Gasteiger partial charge is 0.319 e. The van der Waals surface area contributed by atoms with Crippen molar-refractivity contribution < 1.29 is 14.3 Å². The lowest BCUT2D eigenvalue weighted by molar-refractivity contribution is -0.121. The maximum atomic E-state index is 11.8. The Morgan fingerprint density at radius 1 is 1.45 bits per heavy atom. The zero-order chi connectivity index (χ0) is 15.9. The van der Waals surface area contributed by atoms with Crippen LogP contribution >= 0.6 is 11.8 Å². The zero-order valence-corrected chi connectivity index (χ0v) is 13.7. The molecule has 1 heterocycles. The van der Waals surface area contributed by atoms with E-state index >= 15 is 0 Å². The number of anilines is 2. The molecule has 1 aromatic carbocycles. The molecular formula is C15H21N3O3S. The van der Waals surface area contributed by atoms with Crippen LogP contribution in [0.3, 0.4) is 0 Å². The van der Waals surface area contributed by atoms with Crippen molar-refractivity contribution in [2.75, 3.05) is 41.9 Å². The monoisotopic (exact) mass is 323 g/mol. The lowest BCUT2D eigenvalue weighted by Gasteiger charge is -2.28. The molecule has 0 fully saturated rings.